The van der Waals surface area contributed by atoms with Crippen molar-refractivity contribution in [1.82, 2.24) is 14.9 Å². The molecule has 2 aliphatic rings. The molecule has 0 spiro atoms. The molecule has 2 amide bonds. The lowest BCUT2D eigenvalue weighted by molar-refractivity contribution is -0.114. The number of carbonyl (C=O) groups excluding carboxylic acids is 2. The van der Waals surface area contributed by atoms with E-state index in [-0.39, 0.29) is 17.9 Å². The summed E-state index contributed by atoms with van der Waals surface area (Å²) in [5, 5.41) is 4.08. The van der Waals surface area contributed by atoms with Crippen LogP contribution in [0.25, 0.3) is 10.6 Å². The summed E-state index contributed by atoms with van der Waals surface area (Å²) in [6.07, 6.45) is 4.38. The van der Waals surface area contributed by atoms with Crippen LogP contribution in [0, 0.1) is 12.8 Å². The van der Waals surface area contributed by atoms with Crippen LogP contribution in [0.2, 0.25) is 0 Å². The van der Waals surface area contributed by atoms with Gasteiger partial charge in [0.25, 0.3) is 5.91 Å². The Balaban J connectivity index is 1.72. The Morgan fingerprint density at radius 2 is 2.15 bits per heavy atom. The van der Waals surface area contributed by atoms with Crippen molar-refractivity contribution in [1.29, 1.82) is 0 Å². The van der Waals surface area contributed by atoms with Gasteiger partial charge in [-0.3, -0.25) is 9.59 Å². The van der Waals surface area contributed by atoms with Gasteiger partial charge in [0.05, 0.1) is 21.8 Å². The minimum atomic E-state index is -0.141. The van der Waals surface area contributed by atoms with Gasteiger partial charge in [0.15, 0.2) is 5.13 Å². The van der Waals surface area contributed by atoms with Gasteiger partial charge < -0.3 is 10.2 Å². The van der Waals surface area contributed by atoms with Gasteiger partial charge in [0.2, 0.25) is 5.91 Å². The van der Waals surface area contributed by atoms with Crippen LogP contribution in [0.1, 0.15) is 48.3 Å². The molecule has 6 nitrogen and oxygen atoms in total. The third-order valence-electron chi connectivity index (χ3n) is 5.18. The largest absolute Gasteiger partial charge is 0.331 e. The van der Waals surface area contributed by atoms with Crippen LogP contribution in [0.4, 0.5) is 5.13 Å². The highest BCUT2D eigenvalue weighted by Gasteiger charge is 2.40. The van der Waals surface area contributed by atoms with Gasteiger partial charge >= 0.3 is 0 Å². The van der Waals surface area contributed by atoms with Crippen LogP contribution in [0.3, 0.4) is 0 Å². The van der Waals surface area contributed by atoms with Gasteiger partial charge in [-0.2, -0.15) is 0 Å². The Morgan fingerprint density at radius 1 is 1.41 bits per heavy atom. The molecule has 0 saturated heterocycles. The lowest BCUT2D eigenvalue weighted by atomic mass is 10.1. The van der Waals surface area contributed by atoms with Crippen LogP contribution in [-0.4, -0.2) is 39.0 Å². The average Bonchev–Trinajstić information content (AvgIpc) is 3.33. The van der Waals surface area contributed by atoms with E-state index in [1.165, 1.54) is 42.9 Å². The first-order valence-corrected chi connectivity index (χ1v) is 11.1. The molecule has 1 fully saturated rings. The third-order valence-corrected chi connectivity index (χ3v) is 6.96. The van der Waals surface area contributed by atoms with E-state index >= 15 is 0 Å². The SMILES string of the molecule is CSc1nc(-c2sc(NC(C)=O)nc2C)cc2c1C(=O)N([C@@H](C)C1CC1)C2. The van der Waals surface area contributed by atoms with Crippen molar-refractivity contribution in [2.24, 2.45) is 5.92 Å². The van der Waals surface area contributed by atoms with Gasteiger partial charge in [-0.05, 0) is 50.5 Å². The molecule has 1 aliphatic heterocycles. The van der Waals surface area contributed by atoms with Crippen LogP contribution < -0.4 is 5.32 Å². The van der Waals surface area contributed by atoms with E-state index in [4.69, 9.17) is 4.98 Å². The summed E-state index contributed by atoms with van der Waals surface area (Å²) in [6.45, 7) is 6.18. The number of thioether (sulfide) groups is 1. The van der Waals surface area contributed by atoms with E-state index < -0.39 is 0 Å². The van der Waals surface area contributed by atoms with Crippen molar-refractivity contribution in [3.05, 3.63) is 22.9 Å². The molecule has 0 aromatic carbocycles. The lowest BCUT2D eigenvalue weighted by Gasteiger charge is -2.23. The maximum absolute atomic E-state index is 13.0. The van der Waals surface area contributed by atoms with Crippen molar-refractivity contribution in [2.45, 2.75) is 51.2 Å². The molecule has 2 aromatic rings. The molecule has 0 bridgehead atoms. The predicted molar refractivity (Wildman–Crippen MR) is 108 cm³/mol. The Bertz CT molecular complexity index is 936. The summed E-state index contributed by atoms with van der Waals surface area (Å²) in [6, 6.07) is 2.30. The molecule has 0 unspecified atom stereocenters. The number of thiazole rings is 1. The maximum atomic E-state index is 13.0. The van der Waals surface area contributed by atoms with E-state index in [2.05, 4.69) is 17.2 Å². The Labute approximate surface area is 166 Å². The quantitative estimate of drug-likeness (QED) is 0.767. The van der Waals surface area contributed by atoms with Crippen molar-refractivity contribution < 1.29 is 9.59 Å². The van der Waals surface area contributed by atoms with Gasteiger partial charge in [-0.15, -0.1) is 11.8 Å². The second-order valence-electron chi connectivity index (χ2n) is 7.18. The maximum Gasteiger partial charge on any atom is 0.257 e. The summed E-state index contributed by atoms with van der Waals surface area (Å²) in [5.41, 5.74) is 3.44. The lowest BCUT2D eigenvalue weighted by Crippen LogP contribution is -2.34. The van der Waals surface area contributed by atoms with Crippen molar-refractivity contribution >= 4 is 40.0 Å². The summed E-state index contributed by atoms with van der Waals surface area (Å²) < 4.78 is 0. The van der Waals surface area contributed by atoms with E-state index in [0.717, 1.165) is 32.4 Å². The molecule has 1 atom stereocenters. The van der Waals surface area contributed by atoms with Crippen LogP contribution in [-0.2, 0) is 11.3 Å². The highest BCUT2D eigenvalue weighted by Crippen LogP contribution is 2.41. The van der Waals surface area contributed by atoms with E-state index in [9.17, 15) is 9.59 Å². The molecular weight excluding hydrogens is 380 g/mol. The number of aryl methyl sites for hydroxylation is 1. The molecule has 3 heterocycles. The average molecular weight is 403 g/mol. The van der Waals surface area contributed by atoms with Crippen LogP contribution in [0.15, 0.2) is 11.1 Å². The topological polar surface area (TPSA) is 75.2 Å². The van der Waals surface area contributed by atoms with Gasteiger partial charge in [0, 0.05) is 19.5 Å². The van der Waals surface area contributed by atoms with E-state index in [1.54, 1.807) is 0 Å². The Morgan fingerprint density at radius 3 is 2.78 bits per heavy atom. The fraction of sp³-hybridized carbons (Fsp3) is 0.474. The second kappa shape index (κ2) is 6.91. The summed E-state index contributed by atoms with van der Waals surface area (Å²) >= 11 is 2.92. The Hall–Kier alpha value is -1.93. The fourth-order valence-corrected chi connectivity index (χ4v) is 5.17. The number of fused-ring (bicyclic) bond motifs is 1. The monoisotopic (exact) mass is 402 g/mol. The van der Waals surface area contributed by atoms with Crippen LogP contribution >= 0.6 is 23.1 Å². The van der Waals surface area contributed by atoms with Crippen molar-refractivity contribution in [3.8, 4) is 10.6 Å². The standard InChI is InChI=1S/C19H22N4O2S2/c1-9-16(27-19(20-9)21-11(3)24)14-7-13-8-23(10(2)12-5-6-12)18(25)15(13)17(22-14)26-4/h7,10,12H,5-6,8H2,1-4H3,(H,20,21,24)/t10-/m0/s1. The number of pyridine rings is 1. The smallest absolute Gasteiger partial charge is 0.257 e. The summed E-state index contributed by atoms with van der Waals surface area (Å²) in [7, 11) is 0. The minimum Gasteiger partial charge on any atom is -0.331 e. The zero-order chi connectivity index (χ0) is 19.3. The zero-order valence-electron chi connectivity index (χ0n) is 15.8. The second-order valence-corrected chi connectivity index (χ2v) is 8.97. The molecule has 2 aromatic heterocycles. The third kappa shape index (κ3) is 3.36. The van der Waals surface area contributed by atoms with Crippen molar-refractivity contribution in [3.63, 3.8) is 0 Å². The molecule has 8 heteroatoms. The molecule has 142 valence electrons. The first-order chi connectivity index (χ1) is 12.9. The number of aromatic nitrogens is 2. The van der Waals surface area contributed by atoms with E-state index in [1.807, 2.05) is 24.1 Å². The molecular formula is C19H22N4O2S2. The first-order valence-electron chi connectivity index (χ1n) is 9.03. The zero-order valence-corrected chi connectivity index (χ0v) is 17.5. The predicted octanol–water partition coefficient (Wildman–Crippen LogP) is 3.95. The number of amides is 2. The minimum absolute atomic E-state index is 0.104. The number of hydrogen-bond donors (Lipinski definition) is 1. The molecule has 0 radical (unpaired) electrons. The number of hydrogen-bond acceptors (Lipinski definition) is 6. The fourth-order valence-electron chi connectivity index (χ4n) is 3.59. The first kappa shape index (κ1) is 18.4. The molecule has 1 aliphatic carbocycles. The highest BCUT2D eigenvalue weighted by molar-refractivity contribution is 7.98. The normalized spacial score (nSPS) is 17.2. The number of anilines is 1. The molecule has 1 N–H and O–H groups in total. The summed E-state index contributed by atoms with van der Waals surface area (Å²) in [4.78, 5) is 36.4. The number of carbonyl (C=O) groups is 2. The van der Waals surface area contributed by atoms with Crippen LogP contribution in [0.5, 0.6) is 0 Å². The number of nitrogens with zero attached hydrogens (tertiary/aromatic N) is 3. The van der Waals surface area contributed by atoms with Gasteiger partial charge in [0.1, 0.15) is 5.03 Å². The van der Waals surface area contributed by atoms with Gasteiger partial charge in [-0.1, -0.05) is 11.3 Å². The Kier molecular flexibility index (Phi) is 4.71. The molecule has 4 rings (SSSR count). The number of rotatable bonds is 5. The van der Waals surface area contributed by atoms with E-state index in [0.29, 0.717) is 17.6 Å². The van der Waals surface area contributed by atoms with Crippen molar-refractivity contribution in [2.75, 3.05) is 11.6 Å². The molecule has 27 heavy (non-hydrogen) atoms. The summed E-state index contributed by atoms with van der Waals surface area (Å²) in [5.74, 6) is 0.599. The highest BCUT2D eigenvalue weighted by atomic mass is 32.2. The number of nitrogens with one attached hydrogen (secondary N) is 1. The molecule has 1 saturated carbocycles. The van der Waals surface area contributed by atoms with Gasteiger partial charge in [-0.25, -0.2) is 9.97 Å².